The summed E-state index contributed by atoms with van der Waals surface area (Å²) in [6.45, 7) is 0.574. The van der Waals surface area contributed by atoms with Gasteiger partial charge in [0.1, 0.15) is 18.4 Å². The zero-order valence-corrected chi connectivity index (χ0v) is 9.39. The van der Waals surface area contributed by atoms with Crippen LogP contribution in [0.5, 0.6) is 0 Å². The predicted octanol–water partition coefficient (Wildman–Crippen LogP) is 1.26. The van der Waals surface area contributed by atoms with Gasteiger partial charge in [-0.15, -0.1) is 0 Å². The number of aromatic nitrogens is 5. The van der Waals surface area contributed by atoms with E-state index < -0.39 is 0 Å². The highest BCUT2D eigenvalue weighted by molar-refractivity contribution is 5.43. The summed E-state index contributed by atoms with van der Waals surface area (Å²) in [5, 5.41) is 7.18. The number of pyridine rings is 1. The highest BCUT2D eigenvalue weighted by Gasteiger charge is 2.00. The molecule has 0 aliphatic rings. The molecule has 90 valence electrons. The molecule has 0 radical (unpaired) electrons. The van der Waals surface area contributed by atoms with E-state index >= 15 is 0 Å². The molecule has 3 aromatic rings. The average Bonchev–Trinajstić information content (AvgIpc) is 3.10. The fourth-order valence-corrected chi connectivity index (χ4v) is 1.47. The van der Waals surface area contributed by atoms with E-state index in [1.54, 1.807) is 23.4 Å². The van der Waals surface area contributed by atoms with Crippen LogP contribution < -0.4 is 5.32 Å². The van der Waals surface area contributed by atoms with Gasteiger partial charge in [0.05, 0.1) is 24.6 Å². The molecule has 0 spiro atoms. The lowest BCUT2D eigenvalue weighted by molar-refractivity contribution is 0.511. The van der Waals surface area contributed by atoms with Crippen molar-refractivity contribution in [2.45, 2.75) is 6.54 Å². The Hall–Kier alpha value is -2.70. The van der Waals surface area contributed by atoms with Crippen LogP contribution >= 0.6 is 0 Å². The molecule has 0 saturated heterocycles. The largest absolute Gasteiger partial charge is 0.447 e. The van der Waals surface area contributed by atoms with Crippen LogP contribution in [-0.4, -0.2) is 24.7 Å². The molecule has 0 aromatic carbocycles. The summed E-state index contributed by atoms with van der Waals surface area (Å²) in [6.07, 6.45) is 7.88. The zero-order valence-electron chi connectivity index (χ0n) is 9.39. The number of anilines is 1. The van der Waals surface area contributed by atoms with Crippen molar-refractivity contribution in [2.75, 3.05) is 5.32 Å². The Morgan fingerprint density at radius 3 is 2.89 bits per heavy atom. The summed E-state index contributed by atoms with van der Waals surface area (Å²) >= 11 is 0. The molecule has 18 heavy (non-hydrogen) atoms. The molecule has 0 atom stereocenters. The van der Waals surface area contributed by atoms with E-state index in [4.69, 9.17) is 4.42 Å². The number of oxazole rings is 1. The second-order valence-electron chi connectivity index (χ2n) is 3.57. The molecule has 0 aliphatic heterocycles. The Morgan fingerprint density at radius 1 is 1.22 bits per heavy atom. The average molecular weight is 242 g/mol. The molecule has 0 unspecified atom stereocenters. The van der Waals surface area contributed by atoms with Gasteiger partial charge in [0.25, 0.3) is 0 Å². The second-order valence-corrected chi connectivity index (χ2v) is 3.57. The SMILES string of the molecule is c1ncn(-c2ccc(NCc3cnco3)cn2)n1. The topological polar surface area (TPSA) is 81.7 Å². The van der Waals surface area contributed by atoms with E-state index in [0.717, 1.165) is 17.3 Å². The maximum absolute atomic E-state index is 5.12. The lowest BCUT2D eigenvalue weighted by Gasteiger charge is -2.04. The standard InChI is InChI=1S/C11H10N6O/c1-2-11(17-7-13-6-16-17)15-3-9(1)14-5-10-4-12-8-18-10/h1-4,6-8,14H,5H2. The molecule has 3 rings (SSSR count). The minimum atomic E-state index is 0.574. The molecular weight excluding hydrogens is 232 g/mol. The van der Waals surface area contributed by atoms with Crippen LogP contribution in [0.3, 0.4) is 0 Å². The van der Waals surface area contributed by atoms with Crippen LogP contribution in [0.25, 0.3) is 5.82 Å². The quantitative estimate of drug-likeness (QED) is 0.741. The Morgan fingerprint density at radius 2 is 2.22 bits per heavy atom. The van der Waals surface area contributed by atoms with Gasteiger partial charge in [0.15, 0.2) is 12.2 Å². The molecule has 0 saturated carbocycles. The molecule has 0 bridgehead atoms. The third-order valence-corrected chi connectivity index (χ3v) is 2.35. The third kappa shape index (κ3) is 2.19. The first-order valence-electron chi connectivity index (χ1n) is 5.34. The smallest absolute Gasteiger partial charge is 0.180 e. The van der Waals surface area contributed by atoms with Crippen LogP contribution in [0, 0.1) is 0 Å². The Labute approximate surface area is 103 Å². The van der Waals surface area contributed by atoms with Crippen LogP contribution in [-0.2, 0) is 6.54 Å². The van der Waals surface area contributed by atoms with Crippen molar-refractivity contribution >= 4 is 5.69 Å². The number of nitrogens with one attached hydrogen (secondary N) is 1. The molecular formula is C11H10N6O. The highest BCUT2D eigenvalue weighted by Crippen LogP contribution is 2.10. The summed E-state index contributed by atoms with van der Waals surface area (Å²) in [7, 11) is 0. The lowest BCUT2D eigenvalue weighted by Crippen LogP contribution is -2.01. The molecule has 0 amide bonds. The first-order valence-corrected chi connectivity index (χ1v) is 5.34. The van der Waals surface area contributed by atoms with Crippen molar-refractivity contribution in [3.05, 3.63) is 49.3 Å². The summed E-state index contributed by atoms with van der Waals surface area (Å²) in [5.41, 5.74) is 0.898. The zero-order chi connectivity index (χ0) is 12.2. The molecule has 1 N–H and O–H groups in total. The van der Waals surface area contributed by atoms with E-state index in [9.17, 15) is 0 Å². The number of hydrogen-bond acceptors (Lipinski definition) is 6. The van der Waals surface area contributed by atoms with Crippen LogP contribution in [0.2, 0.25) is 0 Å². The molecule has 7 heteroatoms. The van der Waals surface area contributed by atoms with Crippen LogP contribution in [0.1, 0.15) is 5.76 Å². The maximum Gasteiger partial charge on any atom is 0.180 e. The van der Waals surface area contributed by atoms with Gasteiger partial charge in [-0.1, -0.05) is 0 Å². The molecule has 7 nitrogen and oxygen atoms in total. The van der Waals surface area contributed by atoms with Crippen molar-refractivity contribution in [2.24, 2.45) is 0 Å². The first-order chi connectivity index (χ1) is 8.92. The van der Waals surface area contributed by atoms with Gasteiger partial charge in [-0.05, 0) is 12.1 Å². The molecule has 3 aromatic heterocycles. The second kappa shape index (κ2) is 4.66. The van der Waals surface area contributed by atoms with Crippen LogP contribution in [0.15, 0.2) is 48.0 Å². The third-order valence-electron chi connectivity index (χ3n) is 2.35. The van der Waals surface area contributed by atoms with Gasteiger partial charge in [0, 0.05) is 0 Å². The normalized spacial score (nSPS) is 10.4. The van der Waals surface area contributed by atoms with Crippen molar-refractivity contribution in [3.8, 4) is 5.82 Å². The summed E-state index contributed by atoms with van der Waals surface area (Å²) in [5.74, 6) is 1.49. The summed E-state index contributed by atoms with van der Waals surface area (Å²) in [4.78, 5) is 12.0. The van der Waals surface area contributed by atoms with E-state index in [1.165, 1.54) is 12.7 Å². The van der Waals surface area contributed by atoms with Gasteiger partial charge in [-0.3, -0.25) is 0 Å². The van der Waals surface area contributed by atoms with Gasteiger partial charge < -0.3 is 9.73 Å². The highest BCUT2D eigenvalue weighted by atomic mass is 16.3. The van der Waals surface area contributed by atoms with Gasteiger partial charge in [0.2, 0.25) is 0 Å². The fraction of sp³-hybridized carbons (Fsp3) is 0.0909. The first kappa shape index (κ1) is 10.5. The molecule has 3 heterocycles. The number of rotatable bonds is 4. The monoisotopic (exact) mass is 242 g/mol. The Bertz CT molecular complexity index is 587. The summed E-state index contributed by atoms with van der Waals surface area (Å²) < 4.78 is 6.72. The number of nitrogens with zero attached hydrogens (tertiary/aromatic N) is 5. The van der Waals surface area contributed by atoms with Gasteiger partial charge >= 0.3 is 0 Å². The minimum Gasteiger partial charge on any atom is -0.447 e. The van der Waals surface area contributed by atoms with E-state index in [-0.39, 0.29) is 0 Å². The Balaban J connectivity index is 1.68. The Kier molecular flexibility index (Phi) is 2.71. The predicted molar refractivity (Wildman–Crippen MR) is 63.0 cm³/mol. The molecule has 0 fully saturated rings. The summed E-state index contributed by atoms with van der Waals surface area (Å²) in [6, 6.07) is 3.78. The van der Waals surface area contributed by atoms with Gasteiger partial charge in [-0.25, -0.2) is 19.6 Å². The van der Waals surface area contributed by atoms with Crippen molar-refractivity contribution in [1.82, 2.24) is 24.7 Å². The van der Waals surface area contributed by atoms with Crippen LogP contribution in [0.4, 0.5) is 5.69 Å². The fourth-order valence-electron chi connectivity index (χ4n) is 1.47. The van der Waals surface area contributed by atoms with Crippen molar-refractivity contribution < 1.29 is 4.42 Å². The maximum atomic E-state index is 5.12. The van der Waals surface area contributed by atoms with Crippen molar-refractivity contribution in [1.29, 1.82) is 0 Å². The lowest BCUT2D eigenvalue weighted by atomic mass is 10.4. The van der Waals surface area contributed by atoms with Crippen molar-refractivity contribution in [3.63, 3.8) is 0 Å². The van der Waals surface area contributed by atoms with E-state index in [1.807, 2.05) is 12.1 Å². The van der Waals surface area contributed by atoms with E-state index in [2.05, 4.69) is 25.4 Å². The van der Waals surface area contributed by atoms with Gasteiger partial charge in [-0.2, -0.15) is 5.10 Å². The van der Waals surface area contributed by atoms with E-state index in [0.29, 0.717) is 6.54 Å². The minimum absolute atomic E-state index is 0.574. The number of hydrogen-bond donors (Lipinski definition) is 1. The molecule has 0 aliphatic carbocycles.